The number of carbonyl (C=O) groups excluding carboxylic acids is 1. The lowest BCUT2D eigenvalue weighted by molar-refractivity contribution is 0.0159. The standard InChI is InChI=1S/C32H39BrN4O3/c1-4-22-6-11-26-27(20-22)34-28(21-29(26)38)31(39)36-18-14-32(3,15-19-36)37-16-12-24(13-17-37)30(35-40-5-2)23-7-9-25(33)10-8-23/h6-11,20-21,24H,4-5,12-19H2,1-3H3,(H,34,38). The maximum Gasteiger partial charge on any atom is 0.272 e. The molecule has 0 radical (unpaired) electrons. The first-order chi connectivity index (χ1) is 19.3. The summed E-state index contributed by atoms with van der Waals surface area (Å²) in [7, 11) is 0. The van der Waals surface area contributed by atoms with Crippen LogP contribution in [0.3, 0.4) is 0 Å². The molecule has 2 saturated heterocycles. The molecule has 0 unspecified atom stereocenters. The van der Waals surface area contributed by atoms with E-state index in [0.29, 0.717) is 42.2 Å². The fraction of sp³-hybridized carbons (Fsp3) is 0.469. The second-order valence-corrected chi connectivity index (χ2v) is 12.1. The minimum Gasteiger partial charge on any atom is -0.507 e. The van der Waals surface area contributed by atoms with Crippen molar-refractivity contribution < 1.29 is 14.7 Å². The zero-order valence-electron chi connectivity index (χ0n) is 23.7. The molecule has 0 bridgehead atoms. The largest absolute Gasteiger partial charge is 0.507 e. The van der Waals surface area contributed by atoms with E-state index in [1.165, 1.54) is 6.07 Å². The first kappa shape index (κ1) is 28.6. The summed E-state index contributed by atoms with van der Waals surface area (Å²) in [6.45, 7) is 10.3. The summed E-state index contributed by atoms with van der Waals surface area (Å²) in [5, 5.41) is 15.8. The average Bonchev–Trinajstić information content (AvgIpc) is 2.98. The monoisotopic (exact) mass is 606 g/mol. The van der Waals surface area contributed by atoms with Crippen molar-refractivity contribution in [2.75, 3.05) is 32.8 Å². The minimum absolute atomic E-state index is 0.0472. The molecule has 0 atom stereocenters. The van der Waals surface area contributed by atoms with Crippen LogP contribution in [0.5, 0.6) is 5.75 Å². The van der Waals surface area contributed by atoms with Crippen LogP contribution in [0.2, 0.25) is 0 Å². The van der Waals surface area contributed by atoms with Gasteiger partial charge < -0.3 is 14.8 Å². The Hall–Kier alpha value is -2.97. The van der Waals surface area contributed by atoms with Crippen LogP contribution in [0.4, 0.5) is 0 Å². The number of aromatic nitrogens is 1. The molecule has 1 aromatic heterocycles. The summed E-state index contributed by atoms with van der Waals surface area (Å²) < 4.78 is 1.05. The second kappa shape index (κ2) is 12.3. The molecule has 40 heavy (non-hydrogen) atoms. The Kier molecular flexibility index (Phi) is 8.76. The molecule has 1 N–H and O–H groups in total. The molecule has 1 amide bonds. The highest BCUT2D eigenvalue weighted by molar-refractivity contribution is 9.10. The van der Waals surface area contributed by atoms with E-state index < -0.39 is 0 Å². The van der Waals surface area contributed by atoms with Crippen molar-refractivity contribution in [3.05, 3.63) is 69.8 Å². The highest BCUT2D eigenvalue weighted by Gasteiger charge is 2.39. The van der Waals surface area contributed by atoms with E-state index in [-0.39, 0.29) is 17.2 Å². The van der Waals surface area contributed by atoms with Gasteiger partial charge in [0.25, 0.3) is 5.91 Å². The normalized spacial score (nSPS) is 18.7. The first-order valence-electron chi connectivity index (χ1n) is 14.4. The zero-order valence-corrected chi connectivity index (χ0v) is 25.3. The number of likely N-dealkylation sites (tertiary alicyclic amines) is 2. The highest BCUT2D eigenvalue weighted by atomic mass is 79.9. The summed E-state index contributed by atoms with van der Waals surface area (Å²) in [5.74, 6) is 0.358. The van der Waals surface area contributed by atoms with Gasteiger partial charge in [-0.1, -0.05) is 46.2 Å². The van der Waals surface area contributed by atoms with Crippen LogP contribution >= 0.6 is 15.9 Å². The van der Waals surface area contributed by atoms with Gasteiger partial charge in [-0.25, -0.2) is 4.98 Å². The Balaban J connectivity index is 1.22. The Morgan fingerprint density at radius 1 is 1.07 bits per heavy atom. The zero-order chi connectivity index (χ0) is 28.3. The summed E-state index contributed by atoms with van der Waals surface area (Å²) in [6, 6.07) is 15.7. The van der Waals surface area contributed by atoms with Gasteiger partial charge in [0.2, 0.25) is 0 Å². The minimum atomic E-state index is -0.105. The number of carbonyl (C=O) groups is 1. The van der Waals surface area contributed by atoms with Gasteiger partial charge in [0.05, 0.1) is 11.2 Å². The Labute approximate surface area is 245 Å². The average molecular weight is 608 g/mol. The summed E-state index contributed by atoms with van der Waals surface area (Å²) in [6.07, 6.45) is 4.76. The molecule has 3 aromatic rings. The topological polar surface area (TPSA) is 78.3 Å². The molecule has 7 nitrogen and oxygen atoms in total. The van der Waals surface area contributed by atoms with Gasteiger partial charge >= 0.3 is 0 Å². The van der Waals surface area contributed by atoms with Crippen LogP contribution in [0.15, 0.2) is 58.2 Å². The van der Waals surface area contributed by atoms with Crippen molar-refractivity contribution in [1.82, 2.24) is 14.8 Å². The Morgan fingerprint density at radius 2 is 1.77 bits per heavy atom. The van der Waals surface area contributed by atoms with Crippen LogP contribution in [0.25, 0.3) is 10.9 Å². The number of benzene rings is 2. The van der Waals surface area contributed by atoms with Crippen molar-refractivity contribution in [2.45, 2.75) is 58.4 Å². The number of nitrogens with zero attached hydrogens (tertiary/aromatic N) is 4. The lowest BCUT2D eigenvalue weighted by Crippen LogP contribution is -2.56. The molecule has 2 aliphatic rings. The third-order valence-corrected chi connectivity index (χ3v) is 9.21. The number of oxime groups is 1. The highest BCUT2D eigenvalue weighted by Crippen LogP contribution is 2.34. The molecule has 2 aromatic carbocycles. The number of hydrogen-bond acceptors (Lipinski definition) is 6. The van der Waals surface area contributed by atoms with Gasteiger partial charge in [0.15, 0.2) is 0 Å². The molecular weight excluding hydrogens is 568 g/mol. The molecule has 212 valence electrons. The number of piperidine rings is 2. The van der Waals surface area contributed by atoms with Crippen molar-refractivity contribution in [3.8, 4) is 5.75 Å². The third-order valence-electron chi connectivity index (χ3n) is 8.68. The molecule has 3 heterocycles. The quantitative estimate of drug-likeness (QED) is 0.248. The molecular formula is C32H39BrN4O3. The fourth-order valence-electron chi connectivity index (χ4n) is 6.07. The molecule has 0 saturated carbocycles. The van der Waals surface area contributed by atoms with E-state index in [0.717, 1.165) is 66.5 Å². The van der Waals surface area contributed by atoms with Crippen LogP contribution in [0, 0.1) is 5.92 Å². The summed E-state index contributed by atoms with van der Waals surface area (Å²) in [4.78, 5) is 28.1. The van der Waals surface area contributed by atoms with Crippen LogP contribution in [0.1, 0.15) is 68.1 Å². The lowest BCUT2D eigenvalue weighted by atomic mass is 9.82. The van der Waals surface area contributed by atoms with Gasteiger partial charge in [0, 0.05) is 40.5 Å². The fourth-order valence-corrected chi connectivity index (χ4v) is 6.33. The smallest absolute Gasteiger partial charge is 0.272 e. The van der Waals surface area contributed by atoms with Crippen LogP contribution in [-0.2, 0) is 11.3 Å². The number of aromatic hydroxyl groups is 1. The van der Waals surface area contributed by atoms with Gasteiger partial charge in [0.1, 0.15) is 18.1 Å². The van der Waals surface area contributed by atoms with E-state index in [1.54, 1.807) is 0 Å². The summed E-state index contributed by atoms with van der Waals surface area (Å²) >= 11 is 3.53. The Bertz CT molecular complexity index is 1370. The molecule has 0 aliphatic carbocycles. The van der Waals surface area contributed by atoms with Gasteiger partial charge in [-0.3, -0.25) is 9.69 Å². The number of pyridine rings is 1. The van der Waals surface area contributed by atoms with Crippen molar-refractivity contribution in [3.63, 3.8) is 0 Å². The number of amides is 1. The number of aryl methyl sites for hydroxylation is 1. The van der Waals surface area contributed by atoms with E-state index in [2.05, 4.69) is 69.1 Å². The van der Waals surface area contributed by atoms with Gasteiger partial charge in [-0.2, -0.15) is 0 Å². The maximum absolute atomic E-state index is 13.4. The predicted molar refractivity (Wildman–Crippen MR) is 163 cm³/mol. The van der Waals surface area contributed by atoms with Crippen molar-refractivity contribution in [2.24, 2.45) is 11.1 Å². The number of fused-ring (bicyclic) bond motifs is 1. The third kappa shape index (κ3) is 6.03. The number of hydrogen-bond donors (Lipinski definition) is 1. The maximum atomic E-state index is 13.4. The lowest BCUT2D eigenvalue weighted by Gasteiger charge is -2.49. The number of rotatable bonds is 7. The van der Waals surface area contributed by atoms with Gasteiger partial charge in [-0.15, -0.1) is 0 Å². The van der Waals surface area contributed by atoms with Crippen LogP contribution < -0.4 is 0 Å². The van der Waals surface area contributed by atoms with Crippen LogP contribution in [-0.4, -0.2) is 69.8 Å². The molecule has 8 heteroatoms. The molecule has 2 aliphatic heterocycles. The second-order valence-electron chi connectivity index (χ2n) is 11.2. The van der Waals surface area contributed by atoms with E-state index >= 15 is 0 Å². The first-order valence-corrected chi connectivity index (χ1v) is 15.2. The van der Waals surface area contributed by atoms with Crippen molar-refractivity contribution in [1.29, 1.82) is 0 Å². The molecule has 2 fully saturated rings. The number of halogens is 1. The van der Waals surface area contributed by atoms with E-state index in [4.69, 9.17) is 4.84 Å². The molecule has 0 spiro atoms. The predicted octanol–water partition coefficient (Wildman–Crippen LogP) is 6.41. The van der Waals surface area contributed by atoms with Gasteiger partial charge in [-0.05, 0) is 94.4 Å². The SMILES string of the molecule is CCON=C(c1ccc(Br)cc1)C1CCN(C2(C)CCN(C(=O)c3cc(O)c4ccc(CC)cc4n3)CC2)CC1. The Morgan fingerprint density at radius 3 is 2.42 bits per heavy atom. The van der Waals surface area contributed by atoms with Crippen molar-refractivity contribution >= 4 is 38.5 Å². The van der Waals surface area contributed by atoms with E-state index in [1.807, 2.05) is 30.0 Å². The van der Waals surface area contributed by atoms with E-state index in [9.17, 15) is 9.90 Å². The summed E-state index contributed by atoms with van der Waals surface area (Å²) in [5.41, 5.74) is 4.32. The molecule has 5 rings (SSSR count).